The summed E-state index contributed by atoms with van der Waals surface area (Å²) < 4.78 is 2.46. The molecule has 0 amide bonds. The first-order valence-electron chi connectivity index (χ1n) is 21.6. The molecule has 0 fully saturated rings. The lowest BCUT2D eigenvalue weighted by Gasteiger charge is -2.39. The van der Waals surface area contributed by atoms with Gasteiger partial charge in [-0.15, -0.1) is 0 Å². The Kier molecular flexibility index (Phi) is 8.67. The highest BCUT2D eigenvalue weighted by molar-refractivity contribution is 6.09. The van der Waals surface area contributed by atoms with E-state index in [0.29, 0.717) is 0 Å². The molecule has 1 heterocycles. The molecule has 0 N–H and O–H groups in total. The highest BCUT2D eigenvalue weighted by Gasteiger charge is 2.34. The SMILES string of the molecule is C1=CC2C(c3ccccc3-n3c4ccccc4c4ccccc43)=CC=C(N(c3ccc(-c4cccc5ccccc45)cc3)c3ccc(-c4cccc5ccccc45)cc3)C2C=C1. The molecule has 2 aliphatic carbocycles. The second-order valence-electron chi connectivity index (χ2n) is 16.4. The van der Waals surface area contributed by atoms with Gasteiger partial charge in [0.15, 0.2) is 0 Å². The van der Waals surface area contributed by atoms with E-state index in [1.54, 1.807) is 0 Å². The first-order chi connectivity index (χ1) is 30.8. The van der Waals surface area contributed by atoms with Crippen LogP contribution in [0.15, 0.2) is 248 Å². The summed E-state index contributed by atoms with van der Waals surface area (Å²) in [5.41, 5.74) is 14.6. The maximum atomic E-state index is 2.48. The zero-order valence-electron chi connectivity index (χ0n) is 34.1. The van der Waals surface area contributed by atoms with Crippen LogP contribution >= 0.6 is 0 Å². The van der Waals surface area contributed by atoms with E-state index in [0.717, 1.165) is 11.4 Å². The number of anilines is 2. The van der Waals surface area contributed by atoms with E-state index in [4.69, 9.17) is 0 Å². The summed E-state index contributed by atoms with van der Waals surface area (Å²) in [7, 11) is 0. The molecule has 12 rings (SSSR count). The largest absolute Gasteiger partial charge is 0.314 e. The quantitative estimate of drug-likeness (QED) is 0.156. The van der Waals surface area contributed by atoms with Crippen LogP contribution in [0.5, 0.6) is 0 Å². The van der Waals surface area contributed by atoms with Gasteiger partial charge in [0.25, 0.3) is 0 Å². The minimum absolute atomic E-state index is 0.0988. The lowest BCUT2D eigenvalue weighted by atomic mass is 9.74. The number of hydrogen-bond donors (Lipinski definition) is 0. The number of aromatic nitrogens is 1. The van der Waals surface area contributed by atoms with E-state index in [-0.39, 0.29) is 11.8 Å². The number of para-hydroxylation sites is 3. The topological polar surface area (TPSA) is 8.17 Å². The van der Waals surface area contributed by atoms with E-state index in [1.807, 2.05) is 0 Å². The third kappa shape index (κ3) is 5.95. The van der Waals surface area contributed by atoms with E-state index < -0.39 is 0 Å². The first-order valence-corrected chi connectivity index (χ1v) is 21.6. The predicted octanol–water partition coefficient (Wildman–Crippen LogP) is 15.9. The molecule has 0 aliphatic heterocycles. The fraction of sp³-hybridized carbons (Fsp3) is 0.0333. The molecule has 0 spiro atoms. The van der Waals surface area contributed by atoms with Crippen LogP contribution in [-0.4, -0.2) is 4.57 Å². The number of hydrogen-bond acceptors (Lipinski definition) is 1. The van der Waals surface area contributed by atoms with Crippen molar-refractivity contribution in [3.8, 4) is 27.9 Å². The van der Waals surface area contributed by atoms with Crippen molar-refractivity contribution in [2.45, 2.75) is 0 Å². The zero-order chi connectivity index (χ0) is 41.0. The highest BCUT2D eigenvalue weighted by Crippen LogP contribution is 2.47. The Hall–Kier alpha value is -7.94. The van der Waals surface area contributed by atoms with Crippen LogP contribution in [-0.2, 0) is 0 Å². The summed E-state index contributed by atoms with van der Waals surface area (Å²) in [5.74, 6) is 0.225. The van der Waals surface area contributed by atoms with Crippen molar-refractivity contribution in [1.82, 2.24) is 4.57 Å². The normalized spacial score (nSPS) is 15.8. The van der Waals surface area contributed by atoms with Crippen molar-refractivity contribution in [1.29, 1.82) is 0 Å². The van der Waals surface area contributed by atoms with Gasteiger partial charge in [0.05, 0.1) is 16.7 Å². The smallest absolute Gasteiger partial charge is 0.0541 e. The molecule has 2 atom stereocenters. The molecular formula is C60H42N2. The fourth-order valence-corrected chi connectivity index (χ4v) is 10.2. The molecule has 292 valence electrons. The van der Waals surface area contributed by atoms with Gasteiger partial charge in [-0.05, 0) is 97.9 Å². The Morgan fingerprint density at radius 1 is 0.355 bits per heavy atom. The number of allylic oxidation sites excluding steroid dienone is 7. The van der Waals surface area contributed by atoms with Gasteiger partial charge in [-0.1, -0.05) is 194 Å². The molecule has 0 saturated heterocycles. The van der Waals surface area contributed by atoms with Gasteiger partial charge in [0, 0.05) is 45.2 Å². The summed E-state index contributed by atoms with van der Waals surface area (Å²) in [6.07, 6.45) is 14.0. The van der Waals surface area contributed by atoms with E-state index in [2.05, 4.69) is 252 Å². The van der Waals surface area contributed by atoms with E-state index >= 15 is 0 Å². The number of fused-ring (bicyclic) bond motifs is 6. The van der Waals surface area contributed by atoms with Gasteiger partial charge >= 0.3 is 0 Å². The summed E-state index contributed by atoms with van der Waals surface area (Å²) in [6, 6.07) is 75.4. The lowest BCUT2D eigenvalue weighted by molar-refractivity contribution is 0.627. The van der Waals surface area contributed by atoms with Gasteiger partial charge in [-0.3, -0.25) is 0 Å². The number of benzene rings is 9. The van der Waals surface area contributed by atoms with Crippen molar-refractivity contribution in [3.63, 3.8) is 0 Å². The molecule has 0 saturated carbocycles. The number of nitrogens with zero attached hydrogens (tertiary/aromatic N) is 2. The van der Waals surface area contributed by atoms with Crippen LogP contribution in [0.3, 0.4) is 0 Å². The molecule has 2 aliphatic rings. The highest BCUT2D eigenvalue weighted by atomic mass is 15.2. The van der Waals surface area contributed by atoms with Crippen LogP contribution < -0.4 is 4.90 Å². The molecule has 0 bridgehead atoms. The van der Waals surface area contributed by atoms with Gasteiger partial charge < -0.3 is 9.47 Å². The molecule has 2 unspecified atom stereocenters. The van der Waals surface area contributed by atoms with Gasteiger partial charge in [-0.25, -0.2) is 0 Å². The average Bonchev–Trinajstić information content (AvgIpc) is 3.68. The second kappa shape index (κ2) is 15.0. The summed E-state index contributed by atoms with van der Waals surface area (Å²) >= 11 is 0. The van der Waals surface area contributed by atoms with Crippen LogP contribution in [0.4, 0.5) is 11.4 Å². The Labute approximate surface area is 362 Å². The molecule has 2 heteroatoms. The minimum Gasteiger partial charge on any atom is -0.314 e. The lowest BCUT2D eigenvalue weighted by Crippen LogP contribution is -2.29. The van der Waals surface area contributed by atoms with E-state index in [1.165, 1.54) is 88.1 Å². The summed E-state index contributed by atoms with van der Waals surface area (Å²) in [5, 5.41) is 7.56. The van der Waals surface area contributed by atoms with Gasteiger partial charge in [-0.2, -0.15) is 0 Å². The van der Waals surface area contributed by atoms with Crippen molar-refractivity contribution in [2.24, 2.45) is 11.8 Å². The standard InChI is InChI=1S/C60H42N2/c1-3-19-47-41(15-1)17-13-26-49(47)43-31-35-45(36-32-43)61(46-37-33-44(34-38-46)50-27-14-18-42-16-2-4-20-48(42)50)60-40-39-52(51-21-5-6-22-53(51)60)54-23-7-10-28-57(54)62-58-29-11-8-24-55(58)56-25-9-12-30-59(56)62/h1-40,51,53H. The van der Waals surface area contributed by atoms with Crippen LogP contribution in [0.25, 0.3) is 76.9 Å². The Morgan fingerprint density at radius 3 is 1.39 bits per heavy atom. The summed E-state index contributed by atoms with van der Waals surface area (Å²) in [6.45, 7) is 0. The average molecular weight is 791 g/mol. The van der Waals surface area contributed by atoms with Crippen LogP contribution in [0, 0.1) is 11.8 Å². The van der Waals surface area contributed by atoms with E-state index in [9.17, 15) is 0 Å². The molecule has 1 aromatic heterocycles. The Bertz CT molecular complexity index is 3280. The van der Waals surface area contributed by atoms with Gasteiger partial charge in [0.1, 0.15) is 0 Å². The molecule has 62 heavy (non-hydrogen) atoms. The Balaban J connectivity index is 1.01. The van der Waals surface area contributed by atoms with Crippen LogP contribution in [0.1, 0.15) is 5.56 Å². The maximum absolute atomic E-state index is 2.48. The molecule has 9 aromatic carbocycles. The third-order valence-corrected chi connectivity index (χ3v) is 13.0. The van der Waals surface area contributed by atoms with Crippen molar-refractivity contribution >= 4 is 60.3 Å². The third-order valence-electron chi connectivity index (χ3n) is 13.0. The van der Waals surface area contributed by atoms with Crippen molar-refractivity contribution < 1.29 is 0 Å². The summed E-state index contributed by atoms with van der Waals surface area (Å²) in [4.78, 5) is 2.48. The molecule has 0 radical (unpaired) electrons. The maximum Gasteiger partial charge on any atom is 0.0541 e. The van der Waals surface area contributed by atoms with Crippen LogP contribution in [0.2, 0.25) is 0 Å². The molecule has 2 nitrogen and oxygen atoms in total. The monoisotopic (exact) mass is 790 g/mol. The fourth-order valence-electron chi connectivity index (χ4n) is 10.2. The van der Waals surface area contributed by atoms with Gasteiger partial charge in [0.2, 0.25) is 0 Å². The minimum atomic E-state index is 0.0988. The second-order valence-corrected chi connectivity index (χ2v) is 16.4. The first kappa shape index (κ1) is 36.0. The Morgan fingerprint density at radius 2 is 0.806 bits per heavy atom. The molecular weight excluding hydrogens is 749 g/mol. The number of rotatable bonds is 7. The van der Waals surface area contributed by atoms with Crippen molar-refractivity contribution in [2.75, 3.05) is 4.90 Å². The predicted molar refractivity (Wildman–Crippen MR) is 263 cm³/mol. The molecule has 10 aromatic rings. The van der Waals surface area contributed by atoms with Crippen molar-refractivity contribution in [3.05, 3.63) is 254 Å². The zero-order valence-corrected chi connectivity index (χ0v) is 34.1.